The highest BCUT2D eigenvalue weighted by Gasteiger charge is 2.06. The van der Waals surface area contributed by atoms with Crippen LogP contribution in [0, 0.1) is 0 Å². The van der Waals surface area contributed by atoms with Crippen molar-refractivity contribution in [1.29, 1.82) is 0 Å². The first-order valence-corrected chi connectivity index (χ1v) is 6.81. The zero-order valence-electron chi connectivity index (χ0n) is 10.3. The standard InChI is InChI=1S/C13H19NO2S/c1-3-4-10(2)14-13(16)9-17-12-7-5-11(15)6-8-12/h5-8,10,15H,3-4,9H2,1-2H3,(H,14,16). The lowest BCUT2D eigenvalue weighted by atomic mass is 10.2. The van der Waals surface area contributed by atoms with E-state index in [0.29, 0.717) is 5.75 Å². The van der Waals surface area contributed by atoms with Crippen LogP contribution in [0.25, 0.3) is 0 Å². The molecule has 0 fully saturated rings. The van der Waals surface area contributed by atoms with Gasteiger partial charge >= 0.3 is 0 Å². The van der Waals surface area contributed by atoms with Crippen molar-refractivity contribution in [2.45, 2.75) is 37.6 Å². The highest BCUT2D eigenvalue weighted by molar-refractivity contribution is 8.00. The Morgan fingerprint density at radius 3 is 2.65 bits per heavy atom. The molecule has 1 aromatic carbocycles. The minimum atomic E-state index is 0.0593. The van der Waals surface area contributed by atoms with Gasteiger partial charge in [0.05, 0.1) is 5.75 Å². The minimum Gasteiger partial charge on any atom is -0.508 e. The van der Waals surface area contributed by atoms with Gasteiger partial charge in [0.2, 0.25) is 5.91 Å². The summed E-state index contributed by atoms with van der Waals surface area (Å²) < 4.78 is 0. The lowest BCUT2D eigenvalue weighted by Crippen LogP contribution is -2.33. The van der Waals surface area contributed by atoms with Crippen LogP contribution in [-0.2, 0) is 4.79 Å². The predicted molar refractivity (Wildman–Crippen MR) is 71.3 cm³/mol. The summed E-state index contributed by atoms with van der Waals surface area (Å²) in [5.41, 5.74) is 0. The third kappa shape index (κ3) is 5.63. The highest BCUT2D eigenvalue weighted by atomic mass is 32.2. The van der Waals surface area contributed by atoms with Crippen molar-refractivity contribution in [2.24, 2.45) is 0 Å². The van der Waals surface area contributed by atoms with Gasteiger partial charge in [0, 0.05) is 10.9 Å². The molecule has 4 heteroatoms. The first-order valence-electron chi connectivity index (χ1n) is 5.83. The van der Waals surface area contributed by atoms with E-state index >= 15 is 0 Å². The van der Waals surface area contributed by atoms with Crippen LogP contribution < -0.4 is 5.32 Å². The van der Waals surface area contributed by atoms with Crippen LogP contribution >= 0.6 is 11.8 Å². The Hall–Kier alpha value is -1.16. The number of phenolic OH excluding ortho intramolecular Hbond substituents is 1. The van der Waals surface area contributed by atoms with E-state index in [4.69, 9.17) is 5.11 Å². The van der Waals surface area contributed by atoms with Crippen LogP contribution in [0.15, 0.2) is 29.2 Å². The maximum absolute atomic E-state index is 11.6. The van der Waals surface area contributed by atoms with Crippen molar-refractivity contribution < 1.29 is 9.90 Å². The molecule has 1 aromatic rings. The number of amides is 1. The fourth-order valence-corrected chi connectivity index (χ4v) is 2.22. The number of thioether (sulfide) groups is 1. The van der Waals surface area contributed by atoms with E-state index in [2.05, 4.69) is 12.2 Å². The fourth-order valence-electron chi connectivity index (χ4n) is 1.51. The summed E-state index contributed by atoms with van der Waals surface area (Å²) in [7, 11) is 0. The molecule has 1 atom stereocenters. The van der Waals surface area contributed by atoms with Crippen molar-refractivity contribution in [3.8, 4) is 5.75 Å². The molecule has 0 bridgehead atoms. The lowest BCUT2D eigenvalue weighted by Gasteiger charge is -2.12. The van der Waals surface area contributed by atoms with Crippen molar-refractivity contribution in [3.63, 3.8) is 0 Å². The van der Waals surface area contributed by atoms with Gasteiger partial charge in [-0.25, -0.2) is 0 Å². The number of nitrogens with one attached hydrogen (secondary N) is 1. The number of aromatic hydroxyl groups is 1. The van der Waals surface area contributed by atoms with Crippen LogP contribution in [0.1, 0.15) is 26.7 Å². The van der Waals surface area contributed by atoms with E-state index in [9.17, 15) is 4.79 Å². The predicted octanol–water partition coefficient (Wildman–Crippen LogP) is 2.79. The Balaban J connectivity index is 2.30. The third-order valence-electron chi connectivity index (χ3n) is 2.34. The normalized spacial score (nSPS) is 12.1. The van der Waals surface area contributed by atoms with Crippen LogP contribution in [0.2, 0.25) is 0 Å². The molecule has 3 nitrogen and oxygen atoms in total. The second-order valence-electron chi connectivity index (χ2n) is 4.04. The van der Waals surface area contributed by atoms with E-state index in [0.717, 1.165) is 17.7 Å². The number of hydrogen-bond acceptors (Lipinski definition) is 3. The van der Waals surface area contributed by atoms with Crippen molar-refractivity contribution in [1.82, 2.24) is 5.32 Å². The van der Waals surface area contributed by atoms with E-state index in [1.807, 2.05) is 19.1 Å². The molecule has 0 saturated carbocycles. The molecular formula is C13H19NO2S. The summed E-state index contributed by atoms with van der Waals surface area (Å²) in [6.45, 7) is 4.13. The SMILES string of the molecule is CCCC(C)NC(=O)CSc1ccc(O)cc1. The van der Waals surface area contributed by atoms with E-state index in [1.54, 1.807) is 12.1 Å². The maximum Gasteiger partial charge on any atom is 0.230 e. The van der Waals surface area contributed by atoms with Gasteiger partial charge in [-0.2, -0.15) is 0 Å². The second kappa shape index (κ2) is 7.22. The van der Waals surface area contributed by atoms with Gasteiger partial charge in [0.1, 0.15) is 5.75 Å². The quantitative estimate of drug-likeness (QED) is 0.766. The summed E-state index contributed by atoms with van der Waals surface area (Å²) >= 11 is 1.47. The van der Waals surface area contributed by atoms with Crippen LogP contribution in [0.4, 0.5) is 0 Å². The van der Waals surface area contributed by atoms with Crippen molar-refractivity contribution >= 4 is 17.7 Å². The summed E-state index contributed by atoms with van der Waals surface area (Å²) in [5, 5.41) is 12.1. The number of rotatable bonds is 6. The number of carbonyl (C=O) groups excluding carboxylic acids is 1. The number of hydrogen-bond donors (Lipinski definition) is 2. The molecule has 1 unspecified atom stereocenters. The summed E-state index contributed by atoms with van der Waals surface area (Å²) in [4.78, 5) is 12.6. The molecular weight excluding hydrogens is 234 g/mol. The Labute approximate surface area is 107 Å². The number of carbonyl (C=O) groups is 1. The van der Waals surface area contributed by atoms with Gasteiger partial charge in [-0.1, -0.05) is 13.3 Å². The second-order valence-corrected chi connectivity index (χ2v) is 5.09. The van der Waals surface area contributed by atoms with Gasteiger partial charge < -0.3 is 10.4 Å². The summed E-state index contributed by atoms with van der Waals surface area (Å²) in [6, 6.07) is 7.11. The average Bonchev–Trinajstić information content (AvgIpc) is 2.28. The zero-order valence-corrected chi connectivity index (χ0v) is 11.1. The third-order valence-corrected chi connectivity index (χ3v) is 3.35. The number of benzene rings is 1. The highest BCUT2D eigenvalue weighted by Crippen LogP contribution is 2.20. The Morgan fingerprint density at radius 1 is 1.41 bits per heavy atom. The van der Waals surface area contributed by atoms with E-state index < -0.39 is 0 Å². The molecule has 0 saturated heterocycles. The molecule has 1 amide bonds. The van der Waals surface area contributed by atoms with Gasteiger partial charge in [0.25, 0.3) is 0 Å². The van der Waals surface area contributed by atoms with Crippen LogP contribution in [0.3, 0.4) is 0 Å². The molecule has 2 N–H and O–H groups in total. The van der Waals surface area contributed by atoms with Gasteiger partial charge in [0.15, 0.2) is 0 Å². The molecule has 0 aliphatic carbocycles. The van der Waals surface area contributed by atoms with Crippen LogP contribution in [0.5, 0.6) is 5.75 Å². The summed E-state index contributed by atoms with van der Waals surface area (Å²) in [5.74, 6) is 0.721. The molecule has 0 spiro atoms. The molecule has 17 heavy (non-hydrogen) atoms. The van der Waals surface area contributed by atoms with Gasteiger partial charge in [-0.05, 0) is 37.6 Å². The van der Waals surface area contributed by atoms with Crippen LogP contribution in [-0.4, -0.2) is 22.8 Å². The van der Waals surface area contributed by atoms with E-state index in [-0.39, 0.29) is 17.7 Å². The maximum atomic E-state index is 11.6. The molecule has 0 aliphatic rings. The Kier molecular flexibility index (Phi) is 5.91. The molecule has 0 radical (unpaired) electrons. The first-order chi connectivity index (χ1) is 8.11. The largest absolute Gasteiger partial charge is 0.508 e. The van der Waals surface area contributed by atoms with Gasteiger partial charge in [-0.3, -0.25) is 4.79 Å². The fraction of sp³-hybridized carbons (Fsp3) is 0.462. The molecule has 94 valence electrons. The van der Waals surface area contributed by atoms with Crippen molar-refractivity contribution in [3.05, 3.63) is 24.3 Å². The van der Waals surface area contributed by atoms with Gasteiger partial charge in [-0.15, -0.1) is 11.8 Å². The Bertz CT molecular complexity index is 351. The molecule has 1 rings (SSSR count). The van der Waals surface area contributed by atoms with E-state index in [1.165, 1.54) is 11.8 Å². The monoisotopic (exact) mass is 253 g/mol. The molecule has 0 aliphatic heterocycles. The zero-order chi connectivity index (χ0) is 12.7. The smallest absolute Gasteiger partial charge is 0.230 e. The average molecular weight is 253 g/mol. The summed E-state index contributed by atoms with van der Waals surface area (Å²) in [6.07, 6.45) is 2.09. The molecule has 0 aromatic heterocycles. The Morgan fingerprint density at radius 2 is 2.06 bits per heavy atom. The first kappa shape index (κ1) is 13.9. The lowest BCUT2D eigenvalue weighted by molar-refractivity contribution is -0.119. The topological polar surface area (TPSA) is 49.3 Å². The minimum absolute atomic E-state index is 0.0593. The molecule has 0 heterocycles. The van der Waals surface area contributed by atoms with Crippen molar-refractivity contribution in [2.75, 3.05) is 5.75 Å². The number of phenols is 1.